The van der Waals surface area contributed by atoms with Crippen molar-refractivity contribution in [3.05, 3.63) is 65.0 Å². The molecule has 1 heterocycles. The van der Waals surface area contributed by atoms with E-state index in [4.69, 9.17) is 0 Å². The summed E-state index contributed by atoms with van der Waals surface area (Å²) in [5, 5.41) is 3.13. The van der Waals surface area contributed by atoms with E-state index in [0.717, 1.165) is 0 Å². The first-order valence-electron chi connectivity index (χ1n) is 6.24. The Balaban J connectivity index is 2.49. The molecule has 0 bridgehead atoms. The smallest absolute Gasteiger partial charge is 0.164 e. The molecule has 1 atom stereocenters. The maximum atomic E-state index is 14.1. The monoisotopic (exact) mass is 262 g/mol. The molecule has 1 aromatic carbocycles. The first kappa shape index (κ1) is 13.6. The Morgan fingerprint density at radius 3 is 2.58 bits per heavy atom. The summed E-state index contributed by atoms with van der Waals surface area (Å²) in [6, 6.07) is 8.16. The topological polar surface area (TPSA) is 24.9 Å². The summed E-state index contributed by atoms with van der Waals surface area (Å²) in [4.78, 5) is 4.22. The van der Waals surface area contributed by atoms with E-state index >= 15 is 0 Å². The van der Waals surface area contributed by atoms with Gasteiger partial charge in [-0.05, 0) is 31.2 Å². The van der Waals surface area contributed by atoms with Gasteiger partial charge in [-0.3, -0.25) is 4.98 Å². The van der Waals surface area contributed by atoms with Gasteiger partial charge in [-0.2, -0.15) is 0 Å². The zero-order valence-electron chi connectivity index (χ0n) is 11.0. The molecule has 100 valence electrons. The summed E-state index contributed by atoms with van der Waals surface area (Å²) >= 11 is 0. The largest absolute Gasteiger partial charge is 0.305 e. The first-order valence-corrected chi connectivity index (χ1v) is 6.24. The Hall–Kier alpha value is -1.81. The lowest BCUT2D eigenvalue weighted by Gasteiger charge is -2.19. The Morgan fingerprint density at radius 1 is 1.16 bits per heavy atom. The number of pyridine rings is 1. The van der Waals surface area contributed by atoms with Crippen molar-refractivity contribution in [3.8, 4) is 0 Å². The van der Waals surface area contributed by atoms with Crippen molar-refractivity contribution in [1.29, 1.82) is 0 Å². The average molecular weight is 262 g/mol. The highest BCUT2D eigenvalue weighted by molar-refractivity contribution is 5.32. The number of nitrogens with one attached hydrogen (secondary N) is 1. The van der Waals surface area contributed by atoms with Crippen molar-refractivity contribution >= 4 is 0 Å². The lowest BCUT2D eigenvalue weighted by molar-refractivity contribution is 0.476. The van der Waals surface area contributed by atoms with E-state index in [2.05, 4.69) is 10.3 Å². The van der Waals surface area contributed by atoms with Gasteiger partial charge in [-0.1, -0.05) is 25.1 Å². The number of hydrogen-bond donors (Lipinski definition) is 1. The van der Waals surface area contributed by atoms with Crippen LogP contribution >= 0.6 is 0 Å². The first-order chi connectivity index (χ1) is 9.15. The van der Waals surface area contributed by atoms with Crippen LogP contribution < -0.4 is 5.32 Å². The third-order valence-corrected chi connectivity index (χ3v) is 3.01. The Kier molecular flexibility index (Phi) is 4.22. The van der Waals surface area contributed by atoms with E-state index in [1.165, 1.54) is 0 Å². The summed E-state index contributed by atoms with van der Waals surface area (Å²) in [6.07, 6.45) is 1.64. The van der Waals surface area contributed by atoms with Crippen molar-refractivity contribution in [3.63, 3.8) is 0 Å². The van der Waals surface area contributed by atoms with Crippen LogP contribution in [0.2, 0.25) is 0 Å². The van der Waals surface area contributed by atoms with Gasteiger partial charge in [-0.25, -0.2) is 8.78 Å². The predicted octanol–water partition coefficient (Wildman–Crippen LogP) is 3.37. The summed E-state index contributed by atoms with van der Waals surface area (Å²) in [6.45, 7) is 4.10. The molecule has 0 amide bonds. The molecule has 0 saturated carbocycles. The minimum absolute atomic E-state index is 0.281. The average Bonchev–Trinajstić information content (AvgIpc) is 2.44. The molecule has 0 spiro atoms. The van der Waals surface area contributed by atoms with Crippen LogP contribution in [0.1, 0.15) is 29.8 Å². The normalized spacial score (nSPS) is 12.4. The molecular weight excluding hydrogens is 246 g/mol. The molecule has 1 N–H and O–H groups in total. The van der Waals surface area contributed by atoms with Crippen molar-refractivity contribution < 1.29 is 8.78 Å². The van der Waals surface area contributed by atoms with Gasteiger partial charge in [0.25, 0.3) is 0 Å². The van der Waals surface area contributed by atoms with Gasteiger partial charge < -0.3 is 5.32 Å². The third kappa shape index (κ3) is 2.79. The van der Waals surface area contributed by atoms with Gasteiger partial charge in [-0.15, -0.1) is 0 Å². The fourth-order valence-corrected chi connectivity index (χ4v) is 2.01. The zero-order valence-corrected chi connectivity index (χ0v) is 11.0. The highest BCUT2D eigenvalue weighted by Gasteiger charge is 2.21. The van der Waals surface area contributed by atoms with Crippen LogP contribution in [0.15, 0.2) is 36.5 Å². The second-order valence-electron chi connectivity index (χ2n) is 4.34. The molecule has 0 aliphatic rings. The second-order valence-corrected chi connectivity index (χ2v) is 4.34. The van der Waals surface area contributed by atoms with E-state index in [1.807, 2.05) is 13.0 Å². The van der Waals surface area contributed by atoms with Crippen LogP contribution in [-0.4, -0.2) is 11.5 Å². The van der Waals surface area contributed by atoms with E-state index < -0.39 is 17.7 Å². The SMILES string of the molecule is CCNC(c1ccccn1)c1ccc(C)c(F)c1F. The van der Waals surface area contributed by atoms with E-state index in [0.29, 0.717) is 17.8 Å². The van der Waals surface area contributed by atoms with Gasteiger partial charge in [0.2, 0.25) is 0 Å². The Labute approximate surface area is 111 Å². The van der Waals surface area contributed by atoms with Crippen molar-refractivity contribution in [2.45, 2.75) is 19.9 Å². The van der Waals surface area contributed by atoms with Crippen molar-refractivity contribution in [2.75, 3.05) is 6.54 Å². The Bertz CT molecular complexity index is 556. The highest BCUT2D eigenvalue weighted by Crippen LogP contribution is 2.25. The van der Waals surface area contributed by atoms with Crippen LogP contribution in [-0.2, 0) is 0 Å². The molecule has 2 nitrogen and oxygen atoms in total. The minimum atomic E-state index is -0.809. The third-order valence-electron chi connectivity index (χ3n) is 3.01. The van der Waals surface area contributed by atoms with Crippen LogP contribution in [0.5, 0.6) is 0 Å². The maximum Gasteiger partial charge on any atom is 0.164 e. The standard InChI is InChI=1S/C15H16F2N2/c1-3-18-15(12-6-4-5-9-19-12)11-8-7-10(2)13(16)14(11)17/h4-9,15,18H,3H2,1-2H3. The van der Waals surface area contributed by atoms with Gasteiger partial charge >= 0.3 is 0 Å². The molecule has 0 aliphatic heterocycles. The van der Waals surface area contributed by atoms with E-state index in [1.54, 1.807) is 37.4 Å². The van der Waals surface area contributed by atoms with Gasteiger partial charge in [0.05, 0.1) is 11.7 Å². The van der Waals surface area contributed by atoms with Crippen molar-refractivity contribution in [1.82, 2.24) is 10.3 Å². The second kappa shape index (κ2) is 5.89. The number of halogens is 2. The lowest BCUT2D eigenvalue weighted by atomic mass is 10.0. The molecule has 2 rings (SSSR count). The Morgan fingerprint density at radius 2 is 1.95 bits per heavy atom. The van der Waals surface area contributed by atoms with E-state index in [-0.39, 0.29) is 5.56 Å². The van der Waals surface area contributed by atoms with Gasteiger partial charge in [0.15, 0.2) is 11.6 Å². The van der Waals surface area contributed by atoms with Crippen LogP contribution in [0.3, 0.4) is 0 Å². The molecular formula is C15H16F2N2. The number of benzene rings is 1. The summed E-state index contributed by atoms with van der Waals surface area (Å²) < 4.78 is 27.8. The highest BCUT2D eigenvalue weighted by atomic mass is 19.2. The molecule has 0 saturated heterocycles. The quantitative estimate of drug-likeness (QED) is 0.913. The molecule has 1 aromatic heterocycles. The molecule has 1 unspecified atom stereocenters. The molecule has 19 heavy (non-hydrogen) atoms. The lowest BCUT2D eigenvalue weighted by Crippen LogP contribution is -2.24. The number of aryl methyl sites for hydroxylation is 1. The molecule has 0 aliphatic carbocycles. The number of nitrogens with zero attached hydrogens (tertiary/aromatic N) is 1. The number of rotatable bonds is 4. The van der Waals surface area contributed by atoms with Crippen LogP contribution in [0.4, 0.5) is 8.78 Å². The van der Waals surface area contributed by atoms with Crippen LogP contribution in [0.25, 0.3) is 0 Å². The zero-order chi connectivity index (χ0) is 13.8. The molecule has 0 radical (unpaired) electrons. The summed E-state index contributed by atoms with van der Waals surface area (Å²) in [5.74, 6) is -1.60. The van der Waals surface area contributed by atoms with Crippen molar-refractivity contribution in [2.24, 2.45) is 0 Å². The number of aromatic nitrogens is 1. The summed E-state index contributed by atoms with van der Waals surface area (Å²) in [7, 11) is 0. The van der Waals surface area contributed by atoms with E-state index in [9.17, 15) is 8.78 Å². The molecule has 4 heteroatoms. The maximum absolute atomic E-state index is 14.1. The minimum Gasteiger partial charge on any atom is -0.305 e. The summed E-state index contributed by atoms with van der Waals surface area (Å²) in [5.41, 5.74) is 1.26. The fourth-order valence-electron chi connectivity index (χ4n) is 2.01. The fraction of sp³-hybridized carbons (Fsp3) is 0.267. The number of hydrogen-bond acceptors (Lipinski definition) is 2. The van der Waals surface area contributed by atoms with Gasteiger partial charge in [0.1, 0.15) is 0 Å². The van der Waals surface area contributed by atoms with Gasteiger partial charge in [0, 0.05) is 11.8 Å². The molecule has 0 fully saturated rings. The molecule has 2 aromatic rings. The van der Waals surface area contributed by atoms with Crippen LogP contribution in [0, 0.1) is 18.6 Å². The predicted molar refractivity (Wildman–Crippen MR) is 70.9 cm³/mol.